The van der Waals surface area contributed by atoms with Gasteiger partial charge >= 0.3 is 0 Å². The molecule has 0 bridgehead atoms. The fraction of sp³-hybridized carbons (Fsp3) is 0.409. The van der Waals surface area contributed by atoms with Crippen molar-refractivity contribution in [2.75, 3.05) is 14.1 Å². The third kappa shape index (κ3) is 2.75. The van der Waals surface area contributed by atoms with E-state index in [0.29, 0.717) is 0 Å². The number of aromatic hydroxyl groups is 1. The number of phenols is 1. The summed E-state index contributed by atoms with van der Waals surface area (Å²) in [6, 6.07) is 1.24. The van der Waals surface area contributed by atoms with Crippen molar-refractivity contribution in [2.24, 2.45) is 17.6 Å². The summed E-state index contributed by atoms with van der Waals surface area (Å²) in [5.41, 5.74) is -1.10. The molecular formula is C22H23ClN2O8. The van der Waals surface area contributed by atoms with Crippen molar-refractivity contribution >= 4 is 34.8 Å². The van der Waals surface area contributed by atoms with Crippen LogP contribution in [0.1, 0.15) is 24.5 Å². The average molecular weight is 479 g/mol. The number of nitrogens with zero attached hydrogens (tertiary/aromatic N) is 1. The van der Waals surface area contributed by atoms with Gasteiger partial charge in [-0.05, 0) is 39.6 Å². The van der Waals surface area contributed by atoms with Gasteiger partial charge in [0.2, 0.25) is 5.78 Å². The molecule has 0 radical (unpaired) electrons. The molecule has 5 atom stereocenters. The van der Waals surface area contributed by atoms with Crippen LogP contribution >= 0.6 is 11.6 Å². The lowest BCUT2D eigenvalue weighted by molar-refractivity contribution is -0.159. The molecule has 3 aliphatic carbocycles. The van der Waals surface area contributed by atoms with Crippen molar-refractivity contribution in [3.8, 4) is 5.75 Å². The number of phenolic OH excluding ortho intramolecular Hbond substituents is 1. The van der Waals surface area contributed by atoms with Gasteiger partial charge in [-0.25, -0.2) is 0 Å². The Morgan fingerprint density at radius 2 is 1.79 bits per heavy atom. The van der Waals surface area contributed by atoms with Crippen LogP contribution < -0.4 is 5.73 Å². The molecule has 7 N–H and O–H groups in total. The zero-order valence-corrected chi connectivity index (χ0v) is 18.7. The van der Waals surface area contributed by atoms with Gasteiger partial charge in [-0.2, -0.15) is 0 Å². The molecular weight excluding hydrogens is 456 g/mol. The van der Waals surface area contributed by atoms with Crippen LogP contribution in [0, 0.1) is 11.8 Å². The smallest absolute Gasteiger partial charge is 0.255 e. The van der Waals surface area contributed by atoms with E-state index in [0.717, 1.165) is 0 Å². The Bertz CT molecular complexity index is 1200. The molecule has 0 unspecified atom stereocenters. The predicted octanol–water partition coefficient (Wildman–Crippen LogP) is 0.282. The largest absolute Gasteiger partial charge is 0.508 e. The van der Waals surface area contributed by atoms with Gasteiger partial charge in [0.15, 0.2) is 11.4 Å². The minimum atomic E-state index is -2.78. The number of rotatable bonds is 2. The molecule has 11 heteroatoms. The number of fused-ring (bicyclic) bond motifs is 3. The summed E-state index contributed by atoms with van der Waals surface area (Å²) < 4.78 is 0. The third-order valence-corrected chi connectivity index (χ3v) is 7.39. The van der Waals surface area contributed by atoms with Crippen molar-refractivity contribution in [3.63, 3.8) is 0 Å². The molecule has 10 nitrogen and oxygen atoms in total. The fourth-order valence-corrected chi connectivity index (χ4v) is 5.93. The third-order valence-electron chi connectivity index (χ3n) is 7.07. The number of aliphatic hydroxyl groups excluding tert-OH is 2. The van der Waals surface area contributed by atoms with Gasteiger partial charge in [-0.3, -0.25) is 19.3 Å². The quantitative estimate of drug-likeness (QED) is 0.325. The predicted molar refractivity (Wildman–Crippen MR) is 115 cm³/mol. The van der Waals surface area contributed by atoms with Gasteiger partial charge in [0, 0.05) is 28.0 Å². The van der Waals surface area contributed by atoms with Crippen LogP contribution in [0.4, 0.5) is 0 Å². The first kappa shape index (κ1) is 23.2. The van der Waals surface area contributed by atoms with Crippen LogP contribution in [-0.4, -0.2) is 73.6 Å². The average Bonchev–Trinajstić information content (AvgIpc) is 2.69. The van der Waals surface area contributed by atoms with Crippen molar-refractivity contribution < 1.29 is 39.9 Å². The van der Waals surface area contributed by atoms with E-state index in [1.54, 1.807) is 0 Å². The second-order valence-electron chi connectivity index (χ2n) is 9.08. The maximum Gasteiger partial charge on any atom is 0.255 e. The lowest BCUT2D eigenvalue weighted by atomic mass is 9.54. The zero-order chi connectivity index (χ0) is 24.8. The van der Waals surface area contributed by atoms with Crippen LogP contribution in [-0.2, 0) is 20.0 Å². The standard InChI is InChI=1S/C22H23ClN2O8/c1-21(32)7-6-8-15(25(2)3)17(28)13(20(24)31)19(30)22(8,33)18(29)11(7)16(27)12-10(26)5-4-9(23)14(12)21/h4-5,7-8,15,26-27,30,32-33H,6H2,1-3H3,(H2,24,31)/t7-,8+,15+,21+,22+/m0/s1. The molecule has 1 aromatic rings. The highest BCUT2D eigenvalue weighted by molar-refractivity contribution is 6.32. The molecule has 0 saturated heterocycles. The van der Waals surface area contributed by atoms with Crippen molar-refractivity contribution in [1.82, 2.24) is 4.90 Å². The number of hydrogen-bond acceptors (Lipinski definition) is 9. The first-order valence-corrected chi connectivity index (χ1v) is 10.5. The van der Waals surface area contributed by atoms with E-state index in [1.165, 1.54) is 38.1 Å². The molecule has 33 heavy (non-hydrogen) atoms. The number of aliphatic hydroxyl groups is 4. The normalized spacial score (nSPS) is 33.7. The number of ketones is 2. The number of benzene rings is 1. The van der Waals surface area contributed by atoms with E-state index in [9.17, 15) is 39.9 Å². The molecule has 1 saturated carbocycles. The maximum absolute atomic E-state index is 13.7. The minimum absolute atomic E-state index is 0.0187. The first-order chi connectivity index (χ1) is 15.2. The summed E-state index contributed by atoms with van der Waals surface area (Å²) >= 11 is 6.28. The van der Waals surface area contributed by atoms with E-state index in [1.807, 2.05) is 0 Å². The van der Waals surface area contributed by atoms with Gasteiger partial charge in [0.1, 0.15) is 22.8 Å². The topological polar surface area (TPSA) is 182 Å². The fourth-order valence-electron chi connectivity index (χ4n) is 5.58. The molecule has 176 valence electrons. The molecule has 4 rings (SSSR count). The van der Waals surface area contributed by atoms with Crippen LogP contribution in [0.3, 0.4) is 0 Å². The monoisotopic (exact) mass is 478 g/mol. The molecule has 0 heterocycles. The lowest BCUT2D eigenvalue weighted by Gasteiger charge is -2.53. The van der Waals surface area contributed by atoms with E-state index in [2.05, 4.69) is 0 Å². The lowest BCUT2D eigenvalue weighted by Crippen LogP contribution is -2.67. The second kappa shape index (κ2) is 7.04. The number of amides is 1. The second-order valence-corrected chi connectivity index (χ2v) is 9.48. The summed E-state index contributed by atoms with van der Waals surface area (Å²) in [5.74, 6) is -8.30. The summed E-state index contributed by atoms with van der Waals surface area (Å²) in [6.45, 7) is 1.34. The van der Waals surface area contributed by atoms with Crippen LogP contribution in [0.15, 0.2) is 29.0 Å². The molecule has 0 aliphatic heterocycles. The van der Waals surface area contributed by atoms with E-state index < -0.39 is 75.0 Å². The molecule has 1 aromatic carbocycles. The van der Waals surface area contributed by atoms with Crippen molar-refractivity contribution in [3.05, 3.63) is 45.2 Å². The van der Waals surface area contributed by atoms with Gasteiger partial charge in [-0.1, -0.05) is 11.6 Å². The summed E-state index contributed by atoms with van der Waals surface area (Å²) in [4.78, 5) is 40.1. The van der Waals surface area contributed by atoms with Crippen LogP contribution in [0.5, 0.6) is 5.75 Å². The summed E-state index contributed by atoms with van der Waals surface area (Å²) in [5, 5.41) is 55.2. The first-order valence-electron chi connectivity index (χ1n) is 10.1. The number of nitrogens with two attached hydrogens (primary N) is 1. The highest BCUT2D eigenvalue weighted by Crippen LogP contribution is 2.58. The van der Waals surface area contributed by atoms with Crippen LogP contribution in [0.25, 0.3) is 5.76 Å². The minimum Gasteiger partial charge on any atom is -0.508 e. The van der Waals surface area contributed by atoms with E-state index >= 15 is 0 Å². The molecule has 1 fully saturated rings. The van der Waals surface area contributed by atoms with Crippen molar-refractivity contribution in [1.29, 1.82) is 0 Å². The SMILES string of the molecule is CN(C)[C@H]1C(=O)C(C(N)=O)=C(O)[C@]2(O)C(=O)C3=C(O)c4c(O)ccc(Cl)c4[C@](C)(O)[C@H]3C[C@H]12. The molecule has 0 aromatic heterocycles. The Morgan fingerprint density at radius 1 is 1.18 bits per heavy atom. The zero-order valence-electron chi connectivity index (χ0n) is 18.0. The summed E-state index contributed by atoms with van der Waals surface area (Å²) in [6.07, 6.45) is -0.259. The Kier molecular flexibility index (Phi) is 4.96. The van der Waals surface area contributed by atoms with Gasteiger partial charge in [0.05, 0.1) is 17.2 Å². The Labute approximate surface area is 193 Å². The van der Waals surface area contributed by atoms with Gasteiger partial charge in [0.25, 0.3) is 5.91 Å². The number of likely N-dealkylation sites (N-methyl/N-ethyl adjacent to an activating group) is 1. The van der Waals surface area contributed by atoms with E-state index in [-0.39, 0.29) is 22.6 Å². The van der Waals surface area contributed by atoms with Crippen LogP contribution in [0.2, 0.25) is 5.02 Å². The number of Topliss-reactive ketones (excluding diaryl/α,β-unsaturated/α-hetero) is 2. The number of primary amides is 1. The number of halogens is 1. The highest BCUT2D eigenvalue weighted by atomic mass is 35.5. The van der Waals surface area contributed by atoms with E-state index in [4.69, 9.17) is 17.3 Å². The summed E-state index contributed by atoms with van der Waals surface area (Å²) in [7, 11) is 2.97. The van der Waals surface area contributed by atoms with Crippen molar-refractivity contribution in [2.45, 2.75) is 30.6 Å². The number of carbonyl (C=O) groups excluding carboxylic acids is 3. The maximum atomic E-state index is 13.7. The molecule has 0 spiro atoms. The number of carbonyl (C=O) groups is 3. The van der Waals surface area contributed by atoms with Gasteiger partial charge in [-0.15, -0.1) is 0 Å². The Morgan fingerprint density at radius 3 is 2.33 bits per heavy atom. The Hall–Kier alpha value is -2.92. The molecule has 3 aliphatic rings. The highest BCUT2D eigenvalue weighted by Gasteiger charge is 2.66. The molecule has 1 amide bonds. The Balaban J connectivity index is 2.07. The number of hydrogen-bond donors (Lipinski definition) is 6. The van der Waals surface area contributed by atoms with Gasteiger partial charge < -0.3 is 31.3 Å².